The second kappa shape index (κ2) is 24.8. The third kappa shape index (κ3) is 15.0. The van der Waals surface area contributed by atoms with E-state index in [0.717, 1.165) is 71.0 Å². The van der Waals surface area contributed by atoms with Crippen LogP contribution in [0.1, 0.15) is 83.2 Å². The Kier molecular flexibility index (Phi) is 19.0. The number of likely N-dealkylation sites (tertiary alicyclic amines) is 1. The van der Waals surface area contributed by atoms with Gasteiger partial charge in [-0.2, -0.15) is 9.61 Å². The number of nitrogens with one attached hydrogen (secondary N) is 4. The van der Waals surface area contributed by atoms with Crippen molar-refractivity contribution in [1.29, 1.82) is 0 Å². The van der Waals surface area contributed by atoms with Crippen LogP contribution in [0.3, 0.4) is 0 Å². The van der Waals surface area contributed by atoms with Gasteiger partial charge in [-0.1, -0.05) is 58.4 Å². The molecule has 18 heteroatoms. The molecule has 356 valence electrons. The number of carbonyl (C=O) groups is 3. The van der Waals surface area contributed by atoms with Crippen molar-refractivity contribution in [1.82, 2.24) is 40.4 Å². The van der Waals surface area contributed by atoms with Gasteiger partial charge in [-0.15, -0.1) is 11.3 Å². The fraction of sp³-hybridized carbons (Fsp3) is 0.617. The first-order chi connectivity index (χ1) is 31.4. The van der Waals surface area contributed by atoms with Crippen LogP contribution < -0.4 is 21.3 Å². The van der Waals surface area contributed by atoms with Gasteiger partial charge in [0.25, 0.3) is 0 Å². The number of aliphatic hydroxyl groups is 1. The smallest absolute Gasteiger partial charge is 0.243 e. The average molecular weight is 920 g/mol. The fourth-order valence-electron chi connectivity index (χ4n) is 8.30. The number of anilines is 1. The van der Waals surface area contributed by atoms with Crippen LogP contribution in [0.15, 0.2) is 48.1 Å². The van der Waals surface area contributed by atoms with Crippen molar-refractivity contribution in [3.05, 3.63) is 65.1 Å². The molecule has 1 saturated carbocycles. The van der Waals surface area contributed by atoms with E-state index in [2.05, 4.69) is 49.3 Å². The number of rotatable bonds is 26. The summed E-state index contributed by atoms with van der Waals surface area (Å²) in [7, 11) is 0. The van der Waals surface area contributed by atoms with Crippen LogP contribution in [0.2, 0.25) is 0 Å². The quantitative estimate of drug-likeness (QED) is 0.0559. The Morgan fingerprint density at radius 2 is 1.62 bits per heavy atom. The van der Waals surface area contributed by atoms with Gasteiger partial charge < -0.3 is 50.2 Å². The minimum absolute atomic E-state index is 0.0101. The monoisotopic (exact) mass is 919 g/mol. The number of nitrogens with zero attached hydrogens (tertiary/aromatic N) is 5. The Morgan fingerprint density at radius 3 is 2.29 bits per heavy atom. The number of β-amino-alcohol motifs (C(OH)–C–C–N with tert-alkyl or cyclic N) is 1. The van der Waals surface area contributed by atoms with E-state index in [0.29, 0.717) is 72.4 Å². The molecular formula is C47H69N9O8S. The number of carbonyl (C=O) groups excluding carboxylic acids is 3. The van der Waals surface area contributed by atoms with Gasteiger partial charge in [0.1, 0.15) is 11.9 Å². The zero-order chi connectivity index (χ0) is 46.2. The van der Waals surface area contributed by atoms with Crippen LogP contribution in [0.4, 0.5) is 5.82 Å². The number of aliphatic hydroxyl groups excluding tert-OH is 1. The van der Waals surface area contributed by atoms with Gasteiger partial charge in [-0.25, -0.2) is 9.97 Å². The Hall–Kier alpha value is -4.56. The van der Waals surface area contributed by atoms with Gasteiger partial charge >= 0.3 is 0 Å². The third-order valence-electron chi connectivity index (χ3n) is 11.7. The molecule has 4 heterocycles. The van der Waals surface area contributed by atoms with Gasteiger partial charge in [0.05, 0.1) is 87.3 Å². The van der Waals surface area contributed by atoms with Gasteiger partial charge in [0.2, 0.25) is 17.7 Å². The summed E-state index contributed by atoms with van der Waals surface area (Å²) in [6.45, 7) is 14.0. The van der Waals surface area contributed by atoms with Crippen LogP contribution in [-0.2, 0) is 46.3 Å². The third-order valence-corrected chi connectivity index (χ3v) is 12.6. The maximum absolute atomic E-state index is 13.9. The Labute approximate surface area is 386 Å². The highest BCUT2D eigenvalue weighted by Crippen LogP contribution is 2.29. The number of hydrogen-bond acceptors (Lipinski definition) is 14. The number of amides is 3. The molecule has 17 nitrogen and oxygen atoms in total. The largest absolute Gasteiger partial charge is 0.391 e. The minimum Gasteiger partial charge on any atom is -0.391 e. The number of aryl methyl sites for hydroxylation is 2. The van der Waals surface area contributed by atoms with Crippen LogP contribution in [0.25, 0.3) is 16.1 Å². The van der Waals surface area contributed by atoms with Crippen molar-refractivity contribution in [3.63, 3.8) is 0 Å². The number of thiazole rings is 1. The molecule has 1 aliphatic carbocycles. The fourth-order valence-corrected chi connectivity index (χ4v) is 9.11. The summed E-state index contributed by atoms with van der Waals surface area (Å²) in [5.41, 5.74) is 6.26. The van der Waals surface area contributed by atoms with Crippen LogP contribution in [-0.4, -0.2) is 144 Å². The molecule has 1 aliphatic heterocycles. The predicted molar refractivity (Wildman–Crippen MR) is 250 cm³/mol. The second-order valence-electron chi connectivity index (χ2n) is 17.9. The lowest BCUT2D eigenvalue weighted by atomic mass is 9.85. The summed E-state index contributed by atoms with van der Waals surface area (Å²) < 4.78 is 24.4. The highest BCUT2D eigenvalue weighted by Gasteiger charge is 2.43. The van der Waals surface area contributed by atoms with E-state index in [1.165, 1.54) is 4.90 Å². The summed E-state index contributed by atoms with van der Waals surface area (Å²) in [6.07, 6.45) is 6.15. The van der Waals surface area contributed by atoms with Crippen molar-refractivity contribution < 1.29 is 38.4 Å². The normalized spacial score (nSPS) is 19.2. The van der Waals surface area contributed by atoms with E-state index < -0.39 is 23.6 Å². The van der Waals surface area contributed by atoms with E-state index in [4.69, 9.17) is 18.9 Å². The van der Waals surface area contributed by atoms with Gasteiger partial charge in [0, 0.05) is 62.4 Å². The van der Waals surface area contributed by atoms with Crippen molar-refractivity contribution >= 4 is 40.5 Å². The van der Waals surface area contributed by atoms with Crippen molar-refractivity contribution in [2.45, 2.75) is 116 Å². The molecule has 0 bridgehead atoms. The highest BCUT2D eigenvalue weighted by molar-refractivity contribution is 7.13. The zero-order valence-corrected chi connectivity index (χ0v) is 39.5. The van der Waals surface area contributed by atoms with Crippen molar-refractivity contribution in [3.8, 4) is 10.4 Å². The van der Waals surface area contributed by atoms with E-state index in [1.807, 2.05) is 68.1 Å². The van der Waals surface area contributed by atoms with E-state index in [1.54, 1.807) is 17.5 Å². The topological polar surface area (TPSA) is 203 Å². The zero-order valence-electron chi connectivity index (χ0n) is 38.7. The summed E-state index contributed by atoms with van der Waals surface area (Å²) in [6, 6.07) is 11.0. The lowest BCUT2D eigenvalue weighted by molar-refractivity contribution is -0.142. The summed E-state index contributed by atoms with van der Waals surface area (Å²) >= 11 is 1.59. The Morgan fingerprint density at radius 1 is 0.923 bits per heavy atom. The molecule has 3 amide bonds. The van der Waals surface area contributed by atoms with Crippen LogP contribution in [0, 0.1) is 12.3 Å². The first kappa shape index (κ1) is 49.9. The van der Waals surface area contributed by atoms with E-state index in [9.17, 15) is 19.5 Å². The number of hydrogen-bond donors (Lipinski definition) is 5. The minimum atomic E-state index is -0.779. The van der Waals surface area contributed by atoms with Gasteiger partial charge in [-0.3, -0.25) is 14.4 Å². The molecule has 1 saturated heterocycles. The average Bonchev–Trinajstić information content (AvgIpc) is 4.11. The summed E-state index contributed by atoms with van der Waals surface area (Å²) in [4.78, 5) is 51.5. The van der Waals surface area contributed by atoms with Crippen molar-refractivity contribution in [2.75, 3.05) is 71.3 Å². The molecule has 5 N–H and O–H groups in total. The molecule has 3 aromatic heterocycles. The second-order valence-corrected chi connectivity index (χ2v) is 18.8. The predicted octanol–water partition coefficient (Wildman–Crippen LogP) is 4.30. The number of fused-ring (bicyclic) bond motifs is 1. The van der Waals surface area contributed by atoms with E-state index in [-0.39, 0.29) is 42.8 Å². The number of ether oxygens (including phenoxy) is 4. The molecule has 4 aromatic rings. The van der Waals surface area contributed by atoms with Gasteiger partial charge in [-0.05, 0) is 49.1 Å². The molecule has 0 radical (unpaired) electrons. The van der Waals surface area contributed by atoms with Crippen LogP contribution in [0.5, 0.6) is 0 Å². The Balaban J connectivity index is 0.770. The first-order valence-electron chi connectivity index (χ1n) is 23.1. The summed E-state index contributed by atoms with van der Waals surface area (Å²) in [5.74, 6) is 0.423. The highest BCUT2D eigenvalue weighted by atomic mass is 32.1. The molecule has 1 aromatic carbocycles. The SMILES string of the molecule is CCCc1cc(N[C@@H]2CC[C@@H](NC(=O)CCOCCOCCOCCOCCN[C@H](C(=O)N3C[C@H](O)C[C@H]3C(=O)NCc3ccc(-c4scnc4C)cc3)C(C)(C)C)C2)n2nccc2n1. The molecule has 0 spiro atoms. The van der Waals surface area contributed by atoms with Crippen molar-refractivity contribution in [2.24, 2.45) is 5.41 Å². The molecule has 65 heavy (non-hydrogen) atoms. The molecule has 2 fully saturated rings. The molecular weight excluding hydrogens is 851 g/mol. The number of benzene rings is 1. The summed E-state index contributed by atoms with van der Waals surface area (Å²) in [5, 5.41) is 28.1. The molecule has 5 atom stereocenters. The standard InChI is InChI=1S/C47H69N9O8S/c1-6-7-35-27-41(56-40(52-35)14-16-51-56)53-36-12-13-37(26-36)54-42(58)15-18-61-20-22-63-24-25-64-23-21-62-19-17-48-44(47(3,4)5)46(60)55-30-38(57)28-39(55)45(59)49-29-33-8-10-34(11-9-33)43-32(2)50-31-65-43/h8-11,14,16,27,31,36-39,44,48,53,57H,6-7,12-13,15,17-26,28-30H2,1-5H3,(H,49,59)(H,54,58)/t36-,37-,38-,39+,44-/m1/s1. The van der Waals surface area contributed by atoms with Crippen LogP contribution >= 0.6 is 11.3 Å². The first-order valence-corrected chi connectivity index (χ1v) is 24.0. The maximum atomic E-state index is 13.9. The molecule has 6 rings (SSSR count). The molecule has 2 aliphatic rings. The number of aromatic nitrogens is 4. The Bertz CT molecular complexity index is 2110. The van der Waals surface area contributed by atoms with E-state index >= 15 is 0 Å². The molecule has 0 unspecified atom stereocenters. The lowest BCUT2D eigenvalue weighted by Gasteiger charge is -2.35. The maximum Gasteiger partial charge on any atom is 0.243 e. The van der Waals surface area contributed by atoms with Gasteiger partial charge in [0.15, 0.2) is 5.65 Å². The lowest BCUT2D eigenvalue weighted by Crippen LogP contribution is -2.57.